The molecular formula is C5H12MgSi. The first-order chi connectivity index (χ1) is 2.73. The topological polar surface area (TPSA) is 0 Å². The first-order valence-electron chi connectivity index (χ1n) is 1.91. The second-order valence-electron chi connectivity index (χ2n) is 1.50. The minimum atomic E-state index is 0. The first kappa shape index (κ1) is 15.6. The molecule has 0 nitrogen and oxygen atoms in total. The van der Waals surface area contributed by atoms with Gasteiger partial charge >= 0.3 is 23.1 Å². The predicted octanol–water partition coefficient (Wildman–Crippen LogP) is 1.60. The van der Waals surface area contributed by atoms with Gasteiger partial charge in [0.1, 0.15) is 0 Å². The molecule has 0 saturated carbocycles. The van der Waals surface area contributed by atoms with Crippen molar-refractivity contribution in [2.75, 3.05) is 0 Å². The van der Waals surface area contributed by atoms with Crippen molar-refractivity contribution in [2.45, 2.75) is 19.6 Å². The van der Waals surface area contributed by atoms with Crippen LogP contribution in [0.5, 0.6) is 0 Å². The van der Waals surface area contributed by atoms with E-state index in [1.54, 1.807) is 0 Å². The molecule has 0 unspecified atom stereocenters. The zero-order valence-electron chi connectivity index (χ0n) is 5.49. The van der Waals surface area contributed by atoms with Gasteiger partial charge in [0.25, 0.3) is 0 Å². The van der Waals surface area contributed by atoms with Gasteiger partial charge in [-0.3, -0.25) is 15.4 Å². The molecule has 0 atom stereocenters. The molecule has 0 bridgehead atoms. The van der Waals surface area contributed by atoms with Crippen molar-refractivity contribution in [1.29, 1.82) is 0 Å². The van der Waals surface area contributed by atoms with Crippen LogP contribution >= 0.6 is 0 Å². The number of hydrogen-bond acceptors (Lipinski definition) is 0. The molecule has 0 aliphatic carbocycles. The molecule has 0 aromatic carbocycles. The van der Waals surface area contributed by atoms with Crippen molar-refractivity contribution in [3.8, 4) is 0 Å². The number of hydrogen-bond donors (Lipinski definition) is 0. The fraction of sp³-hybridized carbons (Fsp3) is 0.600. The second-order valence-corrected chi connectivity index (χ2v) is 4.50. The van der Waals surface area contributed by atoms with Gasteiger partial charge in [-0.15, -0.1) is 0 Å². The molecule has 38 valence electrons. The molecule has 0 spiro atoms. The van der Waals surface area contributed by atoms with Crippen LogP contribution in [0.15, 0.2) is 6.58 Å². The average molecular weight is 125 g/mol. The molecule has 2 heteroatoms. The van der Waals surface area contributed by atoms with Crippen LogP contribution in [-0.4, -0.2) is 31.8 Å². The van der Waals surface area contributed by atoms with Gasteiger partial charge in [0, 0.05) is 0 Å². The van der Waals surface area contributed by atoms with Crippen LogP contribution in [0, 0.1) is 6.58 Å². The van der Waals surface area contributed by atoms with Crippen LogP contribution in [0.25, 0.3) is 0 Å². The van der Waals surface area contributed by atoms with Crippen LogP contribution in [0.3, 0.4) is 0 Å². The van der Waals surface area contributed by atoms with E-state index in [0.717, 1.165) is 0 Å². The summed E-state index contributed by atoms with van der Waals surface area (Å²) in [7, 11) is 0.120. The van der Waals surface area contributed by atoms with E-state index in [2.05, 4.69) is 32.8 Å². The Morgan fingerprint density at radius 2 is 1.14 bits per heavy atom. The normalized spacial score (nSPS) is 5.71. The summed E-state index contributed by atoms with van der Waals surface area (Å²) >= 11 is 0. The van der Waals surface area contributed by atoms with E-state index < -0.39 is 0 Å². The van der Waals surface area contributed by atoms with Gasteiger partial charge in [0.15, 0.2) is 0 Å². The fourth-order valence-electron chi connectivity index (χ4n) is 0. The molecule has 0 saturated heterocycles. The SMILES string of the molecule is C[Si-](C)C.[CH-]=C.[Mg+2]. The van der Waals surface area contributed by atoms with E-state index in [-0.39, 0.29) is 31.8 Å². The molecule has 0 N–H and O–H groups in total. The van der Waals surface area contributed by atoms with Gasteiger partial charge in [-0.1, -0.05) is 0 Å². The Morgan fingerprint density at radius 3 is 1.14 bits per heavy atom. The van der Waals surface area contributed by atoms with Crippen LogP contribution in [0.4, 0.5) is 0 Å². The Hall–Kier alpha value is 0.723. The van der Waals surface area contributed by atoms with E-state index in [9.17, 15) is 0 Å². The summed E-state index contributed by atoms with van der Waals surface area (Å²) in [6.07, 6.45) is 0. The summed E-state index contributed by atoms with van der Waals surface area (Å²) in [4.78, 5) is 0. The Balaban J connectivity index is -0.0000000480. The van der Waals surface area contributed by atoms with Crippen molar-refractivity contribution >= 4 is 31.8 Å². The molecular weight excluding hydrogens is 112 g/mol. The third-order valence-electron chi connectivity index (χ3n) is 0. The van der Waals surface area contributed by atoms with E-state index >= 15 is 0 Å². The van der Waals surface area contributed by atoms with Crippen molar-refractivity contribution < 1.29 is 0 Å². The Kier molecular flexibility index (Phi) is 35.5. The van der Waals surface area contributed by atoms with E-state index in [0.29, 0.717) is 0 Å². The van der Waals surface area contributed by atoms with E-state index in [1.165, 1.54) is 0 Å². The summed E-state index contributed by atoms with van der Waals surface area (Å²) in [6, 6.07) is 0. The Bertz CT molecular complexity index is 19.3. The summed E-state index contributed by atoms with van der Waals surface area (Å²) in [5.74, 6) is 0. The molecule has 0 aliphatic heterocycles. The molecule has 0 rings (SSSR count). The minimum Gasteiger partial charge on any atom is -0.521 e. The smallest absolute Gasteiger partial charge is 0.521 e. The number of rotatable bonds is 0. The molecule has 0 aromatic heterocycles. The zero-order valence-corrected chi connectivity index (χ0v) is 7.91. The molecule has 0 aliphatic rings. The van der Waals surface area contributed by atoms with Crippen molar-refractivity contribution in [1.82, 2.24) is 0 Å². The average Bonchev–Trinajstić information content (AvgIpc) is 1.41. The van der Waals surface area contributed by atoms with Crippen LogP contribution in [0.2, 0.25) is 19.6 Å². The van der Waals surface area contributed by atoms with Crippen LogP contribution in [0.1, 0.15) is 0 Å². The predicted molar refractivity (Wildman–Crippen MR) is 39.0 cm³/mol. The Labute approximate surface area is 64.8 Å². The summed E-state index contributed by atoms with van der Waals surface area (Å²) in [5.41, 5.74) is 0. The van der Waals surface area contributed by atoms with E-state index in [1.807, 2.05) is 0 Å². The maximum absolute atomic E-state index is 4.25. The molecule has 0 radical (unpaired) electrons. The van der Waals surface area contributed by atoms with Gasteiger partial charge in [-0.25, -0.2) is 0 Å². The van der Waals surface area contributed by atoms with Crippen molar-refractivity contribution in [3.05, 3.63) is 13.2 Å². The second kappa shape index (κ2) is 15.9. The largest absolute Gasteiger partial charge is 2.00 e. The van der Waals surface area contributed by atoms with Gasteiger partial charge in [-0.05, 0) is 0 Å². The molecule has 0 heterocycles. The molecule has 7 heavy (non-hydrogen) atoms. The third-order valence-corrected chi connectivity index (χ3v) is 0. The van der Waals surface area contributed by atoms with Gasteiger partial charge in [-0.2, -0.15) is 19.6 Å². The molecule has 0 aromatic rings. The summed E-state index contributed by atoms with van der Waals surface area (Å²) in [5, 5.41) is 0. The minimum absolute atomic E-state index is 0. The first-order valence-corrected chi connectivity index (χ1v) is 4.91. The fourth-order valence-corrected chi connectivity index (χ4v) is 0. The monoisotopic (exact) mass is 124 g/mol. The third kappa shape index (κ3) is 287. The zero-order chi connectivity index (χ0) is 5.58. The van der Waals surface area contributed by atoms with Gasteiger partial charge < -0.3 is 6.58 Å². The van der Waals surface area contributed by atoms with Crippen molar-refractivity contribution in [2.24, 2.45) is 0 Å². The summed E-state index contributed by atoms with van der Waals surface area (Å²) in [6.45, 7) is 13.8. The maximum Gasteiger partial charge on any atom is 2.00 e. The van der Waals surface area contributed by atoms with Gasteiger partial charge in [0.05, 0.1) is 0 Å². The summed E-state index contributed by atoms with van der Waals surface area (Å²) < 4.78 is 0. The Morgan fingerprint density at radius 1 is 1.14 bits per heavy atom. The van der Waals surface area contributed by atoms with Gasteiger partial charge in [0.2, 0.25) is 0 Å². The molecule has 0 fully saturated rings. The van der Waals surface area contributed by atoms with Crippen molar-refractivity contribution in [3.63, 3.8) is 0 Å². The van der Waals surface area contributed by atoms with E-state index in [4.69, 9.17) is 0 Å². The maximum atomic E-state index is 4.25. The van der Waals surface area contributed by atoms with Crippen LogP contribution in [-0.2, 0) is 0 Å². The molecule has 0 amide bonds. The van der Waals surface area contributed by atoms with Crippen LogP contribution < -0.4 is 0 Å². The standard InChI is InChI=1S/C3H9Si.C2H3.Mg/c1-4(2)3;1-2;/h1-3H3;1H,2H2;/q2*-1;+2. The quantitative estimate of drug-likeness (QED) is 0.340.